The van der Waals surface area contributed by atoms with Gasteiger partial charge in [-0.05, 0) is 35.7 Å². The van der Waals surface area contributed by atoms with Crippen LogP contribution in [0.1, 0.15) is 43.0 Å². The van der Waals surface area contributed by atoms with Crippen molar-refractivity contribution < 1.29 is 9.59 Å². The molecule has 0 aliphatic heterocycles. The third kappa shape index (κ3) is 4.47. The number of aromatic nitrogens is 4. The van der Waals surface area contributed by atoms with E-state index < -0.39 is 6.04 Å². The molecule has 0 bridgehead atoms. The minimum absolute atomic E-state index is 0.269. The number of hydrogen-bond acceptors (Lipinski definition) is 4. The summed E-state index contributed by atoms with van der Waals surface area (Å²) in [7, 11) is 1.66. The Labute approximate surface area is 155 Å². The van der Waals surface area contributed by atoms with Crippen LogP contribution in [0.4, 0.5) is 5.69 Å². The fraction of sp³-hybridized carbons (Fsp3) is 0.500. The topological polar surface area (TPSA) is 93.8 Å². The van der Waals surface area contributed by atoms with Gasteiger partial charge in [0.2, 0.25) is 5.91 Å². The molecule has 0 saturated carbocycles. The summed E-state index contributed by atoms with van der Waals surface area (Å²) in [5, 5.41) is 14.0. The molecule has 2 rings (SSSR count). The van der Waals surface area contributed by atoms with Crippen LogP contribution in [0.15, 0.2) is 16.9 Å². The van der Waals surface area contributed by atoms with E-state index in [0.717, 1.165) is 10.2 Å². The summed E-state index contributed by atoms with van der Waals surface area (Å²) in [5.74, 6) is -0.216. The first-order valence-electron chi connectivity index (χ1n) is 8.03. The number of amides is 2. The van der Waals surface area contributed by atoms with Crippen molar-refractivity contribution in [1.29, 1.82) is 0 Å². The second-order valence-corrected chi connectivity index (χ2v) is 7.20. The van der Waals surface area contributed by atoms with E-state index in [1.807, 2.05) is 20.8 Å². The van der Waals surface area contributed by atoms with Crippen LogP contribution in [0.5, 0.6) is 0 Å². The standard InChI is InChI=1S/C16H23BrN6O2/c1-9(2)6-18-16(25)14-13(7-19-22(14)5)20-15(24)11(4)23-8-12(17)10(3)21-23/h7-9,11H,6H2,1-5H3,(H,18,25)(H,20,24). The van der Waals surface area contributed by atoms with Crippen LogP contribution in [0.3, 0.4) is 0 Å². The maximum Gasteiger partial charge on any atom is 0.271 e. The predicted octanol–water partition coefficient (Wildman–Crippen LogP) is 2.27. The Bertz CT molecular complexity index is 760. The van der Waals surface area contributed by atoms with Gasteiger partial charge in [-0.25, -0.2) is 0 Å². The highest BCUT2D eigenvalue weighted by Crippen LogP contribution is 2.19. The number of carbonyl (C=O) groups excluding carboxylic acids is 2. The summed E-state index contributed by atoms with van der Waals surface area (Å²) >= 11 is 3.38. The molecule has 0 aromatic carbocycles. The van der Waals surface area contributed by atoms with Gasteiger partial charge in [-0.1, -0.05) is 13.8 Å². The molecule has 1 unspecified atom stereocenters. The average Bonchev–Trinajstić information content (AvgIpc) is 3.07. The smallest absolute Gasteiger partial charge is 0.271 e. The SMILES string of the molecule is Cc1nn(C(C)C(=O)Nc2cnn(C)c2C(=O)NCC(C)C)cc1Br. The molecule has 1 atom stereocenters. The number of nitrogens with zero attached hydrogens (tertiary/aromatic N) is 4. The number of hydrogen-bond donors (Lipinski definition) is 2. The normalized spacial score (nSPS) is 12.3. The number of halogens is 1. The van der Waals surface area contributed by atoms with Crippen molar-refractivity contribution in [2.75, 3.05) is 11.9 Å². The first-order valence-corrected chi connectivity index (χ1v) is 8.82. The lowest BCUT2D eigenvalue weighted by Crippen LogP contribution is -2.31. The zero-order valence-corrected chi connectivity index (χ0v) is 16.6. The van der Waals surface area contributed by atoms with Crippen LogP contribution < -0.4 is 10.6 Å². The summed E-state index contributed by atoms with van der Waals surface area (Å²) < 4.78 is 3.86. The van der Waals surface area contributed by atoms with Crippen molar-refractivity contribution in [1.82, 2.24) is 24.9 Å². The molecule has 2 aromatic rings. The maximum absolute atomic E-state index is 12.5. The molecule has 2 amide bonds. The lowest BCUT2D eigenvalue weighted by Gasteiger charge is -2.13. The van der Waals surface area contributed by atoms with Crippen LogP contribution in [0.2, 0.25) is 0 Å². The van der Waals surface area contributed by atoms with E-state index in [1.165, 1.54) is 10.9 Å². The van der Waals surface area contributed by atoms with Gasteiger partial charge in [0.15, 0.2) is 0 Å². The van der Waals surface area contributed by atoms with Gasteiger partial charge in [-0.15, -0.1) is 0 Å². The fourth-order valence-electron chi connectivity index (χ4n) is 2.19. The molecule has 8 nitrogen and oxygen atoms in total. The van der Waals surface area contributed by atoms with Crippen LogP contribution in [0.25, 0.3) is 0 Å². The molecule has 0 aliphatic carbocycles. The number of anilines is 1. The monoisotopic (exact) mass is 410 g/mol. The molecule has 0 aliphatic rings. The van der Waals surface area contributed by atoms with E-state index in [2.05, 4.69) is 36.8 Å². The van der Waals surface area contributed by atoms with Crippen LogP contribution >= 0.6 is 15.9 Å². The third-order valence-electron chi connectivity index (χ3n) is 3.72. The van der Waals surface area contributed by atoms with Gasteiger partial charge in [0.05, 0.1) is 22.1 Å². The molecule has 0 fully saturated rings. The van der Waals surface area contributed by atoms with E-state index in [1.54, 1.807) is 24.9 Å². The van der Waals surface area contributed by atoms with E-state index >= 15 is 0 Å². The van der Waals surface area contributed by atoms with Gasteiger partial charge in [-0.3, -0.25) is 19.0 Å². The lowest BCUT2D eigenvalue weighted by molar-refractivity contribution is -0.119. The van der Waals surface area contributed by atoms with Crippen molar-refractivity contribution in [3.63, 3.8) is 0 Å². The molecule has 0 saturated heterocycles. The van der Waals surface area contributed by atoms with Crippen molar-refractivity contribution in [3.8, 4) is 0 Å². The van der Waals surface area contributed by atoms with Crippen molar-refractivity contribution in [2.45, 2.75) is 33.7 Å². The van der Waals surface area contributed by atoms with Crippen molar-refractivity contribution in [3.05, 3.63) is 28.3 Å². The van der Waals surface area contributed by atoms with E-state index in [4.69, 9.17) is 0 Å². The number of nitrogens with one attached hydrogen (secondary N) is 2. The predicted molar refractivity (Wildman–Crippen MR) is 98.4 cm³/mol. The molecular weight excluding hydrogens is 388 g/mol. The quantitative estimate of drug-likeness (QED) is 0.763. The second kappa shape index (κ2) is 7.81. The van der Waals surface area contributed by atoms with Crippen molar-refractivity contribution in [2.24, 2.45) is 13.0 Å². The highest BCUT2D eigenvalue weighted by molar-refractivity contribution is 9.10. The number of carbonyl (C=O) groups is 2. The molecule has 0 spiro atoms. The second-order valence-electron chi connectivity index (χ2n) is 6.34. The highest BCUT2D eigenvalue weighted by Gasteiger charge is 2.22. The van der Waals surface area contributed by atoms with Gasteiger partial charge < -0.3 is 10.6 Å². The average molecular weight is 411 g/mol. The van der Waals surface area contributed by atoms with E-state index in [0.29, 0.717) is 23.8 Å². The summed E-state index contributed by atoms with van der Waals surface area (Å²) in [4.78, 5) is 24.9. The first-order chi connectivity index (χ1) is 11.7. The Morgan fingerprint density at radius 3 is 2.56 bits per heavy atom. The summed E-state index contributed by atoms with van der Waals surface area (Å²) in [6.45, 7) is 8.16. The Kier molecular flexibility index (Phi) is 5.99. The molecule has 25 heavy (non-hydrogen) atoms. The van der Waals surface area contributed by atoms with Gasteiger partial charge in [0, 0.05) is 19.8 Å². The Balaban J connectivity index is 2.14. The van der Waals surface area contributed by atoms with Gasteiger partial charge in [0.25, 0.3) is 5.91 Å². The zero-order valence-electron chi connectivity index (χ0n) is 15.0. The summed E-state index contributed by atoms with van der Waals surface area (Å²) in [5.41, 5.74) is 1.50. The van der Waals surface area contributed by atoms with E-state index in [9.17, 15) is 9.59 Å². The maximum atomic E-state index is 12.5. The van der Waals surface area contributed by atoms with Gasteiger partial charge in [-0.2, -0.15) is 10.2 Å². The van der Waals surface area contributed by atoms with Crippen LogP contribution in [-0.4, -0.2) is 37.9 Å². The molecule has 0 radical (unpaired) electrons. The molecule has 2 N–H and O–H groups in total. The summed E-state index contributed by atoms with van der Waals surface area (Å²) in [6.07, 6.45) is 3.22. The van der Waals surface area contributed by atoms with Crippen LogP contribution in [0, 0.1) is 12.8 Å². The van der Waals surface area contributed by atoms with E-state index in [-0.39, 0.29) is 11.8 Å². The minimum atomic E-state index is -0.531. The molecule has 136 valence electrons. The zero-order chi connectivity index (χ0) is 18.7. The molecule has 9 heteroatoms. The molecule has 2 heterocycles. The van der Waals surface area contributed by atoms with Gasteiger partial charge in [0.1, 0.15) is 11.7 Å². The molecule has 2 aromatic heterocycles. The highest BCUT2D eigenvalue weighted by atomic mass is 79.9. The first kappa shape index (κ1) is 19.2. The minimum Gasteiger partial charge on any atom is -0.350 e. The largest absolute Gasteiger partial charge is 0.350 e. The Hall–Kier alpha value is -2.16. The number of aryl methyl sites for hydroxylation is 2. The van der Waals surface area contributed by atoms with Crippen LogP contribution in [-0.2, 0) is 11.8 Å². The van der Waals surface area contributed by atoms with Crippen molar-refractivity contribution >= 4 is 33.4 Å². The lowest BCUT2D eigenvalue weighted by atomic mass is 10.2. The Morgan fingerprint density at radius 1 is 1.32 bits per heavy atom. The fourth-order valence-corrected chi connectivity index (χ4v) is 2.48. The third-order valence-corrected chi connectivity index (χ3v) is 4.49. The van der Waals surface area contributed by atoms with Gasteiger partial charge >= 0.3 is 0 Å². The Morgan fingerprint density at radius 2 is 2.00 bits per heavy atom. The number of rotatable bonds is 6. The molecular formula is C16H23BrN6O2. The summed E-state index contributed by atoms with van der Waals surface area (Å²) in [6, 6.07) is -0.531.